The molecule has 0 unspecified atom stereocenters. The molecule has 1 N–H and O–H groups in total. The molecule has 1 saturated heterocycles. The second-order valence-electron chi connectivity index (χ2n) is 6.34. The minimum absolute atomic E-state index is 0.190. The summed E-state index contributed by atoms with van der Waals surface area (Å²) in [6, 6.07) is 5.04. The van der Waals surface area contributed by atoms with E-state index in [1.807, 2.05) is 0 Å². The molecule has 6 nitrogen and oxygen atoms in total. The van der Waals surface area contributed by atoms with Crippen molar-refractivity contribution in [2.75, 3.05) is 0 Å². The average molecular weight is 371 g/mol. The quantitative estimate of drug-likeness (QED) is 0.841. The van der Waals surface area contributed by atoms with Crippen LogP contribution in [-0.4, -0.2) is 31.9 Å². The number of rotatable bonds is 3. The number of nitrogens with one attached hydrogen (secondary N) is 1. The van der Waals surface area contributed by atoms with Crippen LogP contribution in [0.2, 0.25) is 0 Å². The SMILES string of the molecule is O=C1NC(=NC2CCCCC2)SC1=Cc1ccc(-n2cncn2)c(F)c1. The highest BCUT2D eigenvalue weighted by Gasteiger charge is 2.25. The molecule has 2 aliphatic rings. The van der Waals surface area contributed by atoms with E-state index in [1.54, 1.807) is 18.2 Å². The van der Waals surface area contributed by atoms with Gasteiger partial charge in [0.1, 0.15) is 24.2 Å². The number of hydrogen-bond donors (Lipinski definition) is 1. The lowest BCUT2D eigenvalue weighted by Gasteiger charge is -2.17. The Bertz CT molecular complexity index is 872. The van der Waals surface area contributed by atoms with E-state index in [-0.39, 0.29) is 5.91 Å². The van der Waals surface area contributed by atoms with Crippen molar-refractivity contribution in [2.24, 2.45) is 4.99 Å². The Morgan fingerprint density at radius 3 is 2.88 bits per heavy atom. The molecule has 1 aromatic carbocycles. The van der Waals surface area contributed by atoms with Crippen LogP contribution in [-0.2, 0) is 4.79 Å². The third kappa shape index (κ3) is 3.70. The lowest BCUT2D eigenvalue weighted by molar-refractivity contribution is -0.115. The summed E-state index contributed by atoms with van der Waals surface area (Å²) in [6.45, 7) is 0. The topological polar surface area (TPSA) is 72.2 Å². The Morgan fingerprint density at radius 1 is 1.31 bits per heavy atom. The van der Waals surface area contributed by atoms with E-state index in [2.05, 4.69) is 20.4 Å². The van der Waals surface area contributed by atoms with Crippen LogP contribution < -0.4 is 5.32 Å². The molecule has 26 heavy (non-hydrogen) atoms. The van der Waals surface area contributed by atoms with E-state index in [1.165, 1.54) is 54.4 Å². The largest absolute Gasteiger partial charge is 0.301 e. The van der Waals surface area contributed by atoms with Crippen LogP contribution in [0.4, 0.5) is 4.39 Å². The molecule has 0 bridgehead atoms. The number of benzene rings is 1. The number of aromatic nitrogens is 3. The number of aliphatic imine (C=N–C) groups is 1. The third-order valence-corrected chi connectivity index (χ3v) is 5.38. The van der Waals surface area contributed by atoms with Gasteiger partial charge in [-0.05, 0) is 48.4 Å². The van der Waals surface area contributed by atoms with Crippen molar-refractivity contribution >= 4 is 28.9 Å². The van der Waals surface area contributed by atoms with E-state index in [4.69, 9.17) is 0 Å². The van der Waals surface area contributed by atoms with Crippen LogP contribution in [0.15, 0.2) is 40.8 Å². The molecule has 1 amide bonds. The molecule has 1 aromatic heterocycles. The highest BCUT2D eigenvalue weighted by Crippen LogP contribution is 2.29. The summed E-state index contributed by atoms with van der Waals surface area (Å²) in [4.78, 5) is 21.2. The fraction of sp³-hybridized carbons (Fsp3) is 0.333. The van der Waals surface area contributed by atoms with Crippen molar-refractivity contribution < 1.29 is 9.18 Å². The summed E-state index contributed by atoms with van der Waals surface area (Å²) < 4.78 is 15.7. The van der Waals surface area contributed by atoms with Crippen molar-refractivity contribution in [3.8, 4) is 5.69 Å². The van der Waals surface area contributed by atoms with Gasteiger partial charge in [-0.2, -0.15) is 5.10 Å². The molecule has 2 heterocycles. The molecular weight excluding hydrogens is 353 g/mol. The molecule has 1 saturated carbocycles. The van der Waals surface area contributed by atoms with Crippen molar-refractivity contribution in [3.63, 3.8) is 0 Å². The first-order valence-electron chi connectivity index (χ1n) is 8.62. The van der Waals surface area contributed by atoms with Crippen LogP contribution in [0.5, 0.6) is 0 Å². The predicted molar refractivity (Wildman–Crippen MR) is 99.3 cm³/mol. The van der Waals surface area contributed by atoms with Crippen LogP contribution in [0.3, 0.4) is 0 Å². The van der Waals surface area contributed by atoms with Crippen molar-refractivity contribution in [3.05, 3.63) is 47.1 Å². The first-order valence-corrected chi connectivity index (χ1v) is 9.44. The highest BCUT2D eigenvalue weighted by atomic mass is 32.2. The molecule has 0 radical (unpaired) electrons. The first-order chi connectivity index (χ1) is 12.7. The zero-order valence-electron chi connectivity index (χ0n) is 14.1. The molecule has 1 aliphatic heterocycles. The van der Waals surface area contributed by atoms with Crippen LogP contribution in [0, 0.1) is 5.82 Å². The molecule has 8 heteroatoms. The van der Waals surface area contributed by atoms with Gasteiger partial charge in [0.05, 0.1) is 10.9 Å². The van der Waals surface area contributed by atoms with Crippen molar-refractivity contribution in [1.29, 1.82) is 0 Å². The molecule has 2 aromatic rings. The Hall–Kier alpha value is -2.48. The van der Waals surface area contributed by atoms with Crippen LogP contribution in [0.1, 0.15) is 37.7 Å². The zero-order valence-corrected chi connectivity index (χ0v) is 14.9. The fourth-order valence-corrected chi connectivity index (χ4v) is 4.04. The number of thioether (sulfide) groups is 1. The summed E-state index contributed by atoms with van der Waals surface area (Å²) >= 11 is 1.32. The fourth-order valence-electron chi connectivity index (χ4n) is 3.15. The van der Waals surface area contributed by atoms with Crippen molar-refractivity contribution in [1.82, 2.24) is 20.1 Å². The monoisotopic (exact) mass is 371 g/mol. The minimum atomic E-state index is -0.427. The van der Waals surface area contributed by atoms with E-state index in [0.717, 1.165) is 12.8 Å². The summed E-state index contributed by atoms with van der Waals surface area (Å²) in [7, 11) is 0. The van der Waals surface area contributed by atoms with Crippen molar-refractivity contribution in [2.45, 2.75) is 38.1 Å². The first kappa shape index (κ1) is 17.0. The summed E-state index contributed by atoms with van der Waals surface area (Å²) in [6.07, 6.45) is 10.3. The van der Waals surface area contributed by atoms with Gasteiger partial charge in [0.2, 0.25) is 0 Å². The summed E-state index contributed by atoms with van der Waals surface area (Å²) in [5.74, 6) is -0.616. The maximum atomic E-state index is 14.3. The molecule has 2 fully saturated rings. The standard InChI is InChI=1S/C18H18FN5OS/c19-14-8-12(6-7-15(14)24-11-20-10-21-24)9-16-17(25)23-18(26-16)22-13-4-2-1-3-5-13/h6-11,13H,1-5H2,(H,22,23,25). The number of amides is 1. The number of amidine groups is 1. The molecule has 1 aliphatic carbocycles. The molecule has 0 atom stereocenters. The Labute approximate surface area is 154 Å². The normalized spacial score (nSPS) is 21.5. The zero-order chi connectivity index (χ0) is 17.9. The molecule has 4 rings (SSSR count). The van der Waals surface area contributed by atoms with Gasteiger partial charge in [0, 0.05) is 0 Å². The van der Waals surface area contributed by atoms with Gasteiger partial charge in [-0.25, -0.2) is 14.1 Å². The lowest BCUT2D eigenvalue weighted by atomic mass is 9.96. The lowest BCUT2D eigenvalue weighted by Crippen LogP contribution is -2.22. The molecule has 134 valence electrons. The number of halogens is 1. The van der Waals surface area contributed by atoms with Gasteiger partial charge in [0.25, 0.3) is 5.91 Å². The maximum Gasteiger partial charge on any atom is 0.264 e. The molecular formula is C18H18FN5OS. The van der Waals surface area contributed by atoms with E-state index >= 15 is 0 Å². The highest BCUT2D eigenvalue weighted by molar-refractivity contribution is 8.18. The second kappa shape index (κ2) is 7.41. The number of carbonyl (C=O) groups is 1. The second-order valence-corrected chi connectivity index (χ2v) is 7.37. The van der Waals surface area contributed by atoms with Gasteiger partial charge in [-0.3, -0.25) is 9.79 Å². The van der Waals surface area contributed by atoms with E-state index < -0.39 is 5.82 Å². The van der Waals surface area contributed by atoms with Crippen LogP contribution >= 0.6 is 11.8 Å². The minimum Gasteiger partial charge on any atom is -0.301 e. The Balaban J connectivity index is 1.52. The predicted octanol–water partition coefficient (Wildman–Crippen LogP) is 3.30. The molecule has 0 spiro atoms. The van der Waals surface area contributed by atoms with Gasteiger partial charge in [-0.15, -0.1) is 0 Å². The number of hydrogen-bond acceptors (Lipinski definition) is 5. The number of nitrogens with zero attached hydrogens (tertiary/aromatic N) is 4. The summed E-state index contributed by atoms with van der Waals surface area (Å²) in [5.41, 5.74) is 0.927. The maximum absolute atomic E-state index is 14.3. The van der Waals surface area contributed by atoms with E-state index in [9.17, 15) is 9.18 Å². The van der Waals surface area contributed by atoms with Gasteiger partial charge in [0.15, 0.2) is 5.17 Å². The third-order valence-electron chi connectivity index (χ3n) is 4.46. The van der Waals surface area contributed by atoms with Gasteiger partial charge in [-0.1, -0.05) is 25.3 Å². The Morgan fingerprint density at radius 2 is 2.15 bits per heavy atom. The van der Waals surface area contributed by atoms with Gasteiger partial charge >= 0.3 is 0 Å². The van der Waals surface area contributed by atoms with Gasteiger partial charge < -0.3 is 5.32 Å². The number of carbonyl (C=O) groups excluding carboxylic acids is 1. The van der Waals surface area contributed by atoms with E-state index in [0.29, 0.717) is 27.4 Å². The smallest absolute Gasteiger partial charge is 0.264 e. The Kier molecular flexibility index (Phi) is 4.83. The van der Waals surface area contributed by atoms with Crippen LogP contribution in [0.25, 0.3) is 11.8 Å². The summed E-state index contributed by atoms with van der Waals surface area (Å²) in [5, 5.41) is 7.38. The average Bonchev–Trinajstić information content (AvgIpc) is 3.27.